The molecule has 9 heteroatoms. The van der Waals surface area contributed by atoms with Crippen LogP contribution in [0, 0.1) is 11.8 Å². The number of rotatable bonds is 5. The van der Waals surface area contributed by atoms with E-state index >= 15 is 0 Å². The Morgan fingerprint density at radius 3 is 2.68 bits per heavy atom. The molecule has 1 aliphatic carbocycles. The Morgan fingerprint density at radius 1 is 1.16 bits per heavy atom. The molecule has 5 unspecified atom stereocenters. The Balaban J connectivity index is 1.16. The topological polar surface area (TPSA) is 70.6 Å². The molecule has 1 saturated carbocycles. The first-order chi connectivity index (χ1) is 17.8. The zero-order valence-electron chi connectivity index (χ0n) is 21.0. The number of hydrogen-bond acceptors (Lipinski definition) is 6. The van der Waals surface area contributed by atoms with E-state index in [1.807, 2.05) is 37.3 Å². The van der Waals surface area contributed by atoms with Crippen molar-refractivity contribution in [1.29, 1.82) is 0 Å². The molecule has 0 radical (unpaired) electrons. The smallest absolute Gasteiger partial charge is 0.229 e. The molecule has 3 fully saturated rings. The lowest BCUT2D eigenvalue weighted by molar-refractivity contribution is -0.117. The number of benzene rings is 1. The van der Waals surface area contributed by atoms with Crippen LogP contribution in [-0.2, 0) is 9.53 Å². The van der Waals surface area contributed by atoms with E-state index < -0.39 is 11.9 Å². The van der Waals surface area contributed by atoms with E-state index in [9.17, 15) is 9.18 Å². The molecule has 1 N–H and O–H groups in total. The van der Waals surface area contributed by atoms with Gasteiger partial charge in [-0.15, -0.1) is 0 Å². The van der Waals surface area contributed by atoms with Crippen molar-refractivity contribution in [2.75, 3.05) is 43.0 Å². The SMILES string of the molecule is CC1C(C(=O)Nc2cc3cc(N4CCN(C5(C)CCOC5F)CC4)c(Cl)cc3cn2)C1c1ccccn1. The van der Waals surface area contributed by atoms with Crippen LogP contribution in [0.5, 0.6) is 0 Å². The van der Waals surface area contributed by atoms with Gasteiger partial charge in [0.05, 0.1) is 28.8 Å². The third-order valence-electron chi connectivity index (χ3n) is 8.45. The maximum Gasteiger partial charge on any atom is 0.229 e. The Morgan fingerprint density at radius 2 is 1.97 bits per heavy atom. The highest BCUT2D eigenvalue weighted by molar-refractivity contribution is 6.34. The van der Waals surface area contributed by atoms with Crippen molar-refractivity contribution in [3.8, 4) is 0 Å². The van der Waals surface area contributed by atoms with Gasteiger partial charge in [-0.2, -0.15) is 0 Å². The average Bonchev–Trinajstić information content (AvgIpc) is 3.47. The van der Waals surface area contributed by atoms with Crippen LogP contribution in [0.3, 0.4) is 0 Å². The molecule has 37 heavy (non-hydrogen) atoms. The van der Waals surface area contributed by atoms with Gasteiger partial charge in [0, 0.05) is 55.6 Å². The lowest BCUT2D eigenvalue weighted by Crippen LogP contribution is -2.58. The second-order valence-electron chi connectivity index (χ2n) is 10.6. The summed E-state index contributed by atoms with van der Waals surface area (Å²) in [6, 6.07) is 11.7. The Labute approximate surface area is 221 Å². The van der Waals surface area contributed by atoms with Gasteiger partial charge < -0.3 is 15.0 Å². The first-order valence-electron chi connectivity index (χ1n) is 12.9. The van der Waals surface area contributed by atoms with Crippen molar-refractivity contribution in [2.24, 2.45) is 11.8 Å². The Kier molecular flexibility index (Phi) is 6.29. The van der Waals surface area contributed by atoms with E-state index in [0.717, 1.165) is 48.3 Å². The minimum absolute atomic E-state index is 0.0316. The molecule has 2 aromatic heterocycles. The van der Waals surface area contributed by atoms with Crippen LogP contribution in [0.15, 0.2) is 48.8 Å². The Bertz CT molecular complexity index is 1320. The van der Waals surface area contributed by atoms with Gasteiger partial charge in [-0.3, -0.25) is 14.7 Å². The molecule has 194 valence electrons. The largest absolute Gasteiger partial charge is 0.368 e. The molecule has 4 heterocycles. The standard InChI is InChI=1S/C28H31ClFN5O2/c1-17-24(21-5-3-4-7-31-21)25(17)26(36)33-23-15-18-14-22(20(29)13-19(18)16-32-23)34-8-10-35(11-9-34)28(2)6-12-37-27(28)30/h3-5,7,13-17,24-25,27H,6,8-12H2,1-2H3,(H,32,33,36). The van der Waals surface area contributed by atoms with Crippen molar-refractivity contribution < 1.29 is 13.9 Å². The van der Waals surface area contributed by atoms with Crippen molar-refractivity contribution in [2.45, 2.75) is 38.1 Å². The zero-order valence-corrected chi connectivity index (χ0v) is 21.8. The van der Waals surface area contributed by atoms with Gasteiger partial charge >= 0.3 is 0 Å². The molecule has 1 aromatic carbocycles. The van der Waals surface area contributed by atoms with Gasteiger partial charge in [0.15, 0.2) is 0 Å². The van der Waals surface area contributed by atoms with E-state index in [4.69, 9.17) is 16.3 Å². The number of piperazine rings is 1. The van der Waals surface area contributed by atoms with Crippen LogP contribution in [0.25, 0.3) is 10.8 Å². The molecule has 5 atom stereocenters. The Hall–Kier alpha value is -2.81. The minimum Gasteiger partial charge on any atom is -0.368 e. The van der Waals surface area contributed by atoms with Crippen LogP contribution in [-0.4, -0.2) is 65.5 Å². The monoisotopic (exact) mass is 523 g/mol. The number of nitrogens with zero attached hydrogens (tertiary/aromatic N) is 4. The molecule has 7 nitrogen and oxygen atoms in total. The summed E-state index contributed by atoms with van der Waals surface area (Å²) in [5.74, 6) is 0.760. The third-order valence-corrected chi connectivity index (χ3v) is 8.76. The summed E-state index contributed by atoms with van der Waals surface area (Å²) in [6.07, 6.45) is 2.97. The highest BCUT2D eigenvalue weighted by Gasteiger charge is 2.53. The molecule has 2 saturated heterocycles. The zero-order chi connectivity index (χ0) is 25.7. The molecule has 0 bridgehead atoms. The molecule has 3 aromatic rings. The molecule has 0 spiro atoms. The molecule has 6 rings (SSSR count). The van der Waals surface area contributed by atoms with E-state index in [-0.39, 0.29) is 23.7 Å². The summed E-state index contributed by atoms with van der Waals surface area (Å²) in [5, 5.41) is 5.53. The van der Waals surface area contributed by atoms with Gasteiger partial charge in [0.25, 0.3) is 0 Å². The quantitative estimate of drug-likeness (QED) is 0.514. The van der Waals surface area contributed by atoms with E-state index in [1.54, 1.807) is 12.4 Å². The highest BCUT2D eigenvalue weighted by atomic mass is 35.5. The van der Waals surface area contributed by atoms with E-state index in [1.165, 1.54) is 0 Å². The number of ether oxygens (including phenoxy) is 1. The number of hydrogen-bond donors (Lipinski definition) is 1. The average molecular weight is 524 g/mol. The fraction of sp³-hybridized carbons (Fsp3) is 0.464. The molecular formula is C28H31ClFN5O2. The van der Waals surface area contributed by atoms with Gasteiger partial charge in [-0.1, -0.05) is 24.6 Å². The number of fused-ring (bicyclic) bond motifs is 1. The van der Waals surface area contributed by atoms with Gasteiger partial charge in [-0.05, 0) is 55.0 Å². The number of nitrogens with one attached hydrogen (secondary N) is 1. The number of pyridine rings is 2. The molecular weight excluding hydrogens is 493 g/mol. The fourth-order valence-electron chi connectivity index (χ4n) is 5.99. The summed E-state index contributed by atoms with van der Waals surface area (Å²) < 4.78 is 19.6. The van der Waals surface area contributed by atoms with E-state index in [0.29, 0.717) is 23.9 Å². The van der Waals surface area contributed by atoms with Crippen molar-refractivity contribution in [3.63, 3.8) is 0 Å². The second kappa shape index (κ2) is 9.49. The number of halogens is 2. The van der Waals surface area contributed by atoms with Gasteiger partial charge in [-0.25, -0.2) is 9.37 Å². The first kappa shape index (κ1) is 24.5. The predicted octanol–water partition coefficient (Wildman–Crippen LogP) is 4.87. The summed E-state index contributed by atoms with van der Waals surface area (Å²) in [6.45, 7) is 7.47. The maximum atomic E-state index is 14.4. The normalized spacial score (nSPS) is 30.0. The number of alkyl halides is 1. The molecule has 3 aliphatic rings. The van der Waals surface area contributed by atoms with Crippen molar-refractivity contribution >= 4 is 39.8 Å². The molecule has 1 amide bonds. The highest BCUT2D eigenvalue weighted by Crippen LogP contribution is 2.53. The van der Waals surface area contributed by atoms with Gasteiger partial charge in [0.2, 0.25) is 12.3 Å². The lowest BCUT2D eigenvalue weighted by atomic mass is 9.96. The van der Waals surface area contributed by atoms with Crippen molar-refractivity contribution in [3.05, 3.63) is 59.5 Å². The fourth-order valence-corrected chi connectivity index (χ4v) is 6.28. The second-order valence-corrected chi connectivity index (χ2v) is 11.1. The van der Waals surface area contributed by atoms with Gasteiger partial charge in [0.1, 0.15) is 5.82 Å². The summed E-state index contributed by atoms with van der Waals surface area (Å²) in [5.41, 5.74) is 1.33. The van der Waals surface area contributed by atoms with Crippen LogP contribution < -0.4 is 10.2 Å². The van der Waals surface area contributed by atoms with E-state index in [2.05, 4.69) is 38.1 Å². The summed E-state index contributed by atoms with van der Waals surface area (Å²) >= 11 is 6.68. The lowest BCUT2D eigenvalue weighted by Gasteiger charge is -2.44. The molecule has 2 aliphatic heterocycles. The number of amides is 1. The summed E-state index contributed by atoms with van der Waals surface area (Å²) in [7, 11) is 0. The first-order valence-corrected chi connectivity index (χ1v) is 13.3. The van der Waals surface area contributed by atoms with Crippen LogP contribution >= 0.6 is 11.6 Å². The number of anilines is 2. The maximum absolute atomic E-state index is 14.4. The minimum atomic E-state index is -1.25. The third kappa shape index (κ3) is 4.45. The predicted molar refractivity (Wildman–Crippen MR) is 143 cm³/mol. The van der Waals surface area contributed by atoms with Crippen LogP contribution in [0.4, 0.5) is 15.9 Å². The summed E-state index contributed by atoms with van der Waals surface area (Å²) in [4.78, 5) is 26.3. The van der Waals surface area contributed by atoms with Crippen molar-refractivity contribution in [1.82, 2.24) is 14.9 Å². The number of aromatic nitrogens is 2. The number of carbonyl (C=O) groups excluding carboxylic acids is 1. The number of carbonyl (C=O) groups is 1. The van der Waals surface area contributed by atoms with Crippen LogP contribution in [0.2, 0.25) is 5.02 Å². The van der Waals surface area contributed by atoms with Crippen LogP contribution in [0.1, 0.15) is 31.9 Å².